The van der Waals surface area contributed by atoms with Crippen LogP contribution in [0.2, 0.25) is 0 Å². The Hall–Kier alpha value is -2.18. The lowest BCUT2D eigenvalue weighted by molar-refractivity contribution is 0.485. The highest BCUT2D eigenvalue weighted by molar-refractivity contribution is 7.87. The Kier molecular flexibility index (Phi) is 3.76. The highest BCUT2D eigenvalue weighted by atomic mass is 32.2. The molecule has 0 N–H and O–H groups in total. The van der Waals surface area contributed by atoms with Gasteiger partial charge >= 0.3 is 10.1 Å². The van der Waals surface area contributed by atoms with Gasteiger partial charge in [0.15, 0.2) is 0 Å². The molecule has 1 aromatic rings. The quantitative estimate of drug-likeness (QED) is 0.441. The maximum absolute atomic E-state index is 11.2. The second kappa shape index (κ2) is 5.06. The number of nitrogens with zero attached hydrogens (tertiary/aromatic N) is 1. The van der Waals surface area contributed by atoms with E-state index in [0.717, 1.165) is 0 Å². The molecule has 0 amide bonds. The van der Waals surface area contributed by atoms with Crippen molar-refractivity contribution in [2.24, 2.45) is 0 Å². The van der Waals surface area contributed by atoms with E-state index in [1.807, 2.05) is 5.92 Å². The van der Waals surface area contributed by atoms with Crippen molar-refractivity contribution in [3.05, 3.63) is 24.3 Å². The molecule has 0 heterocycles. The third-order valence-corrected chi connectivity index (χ3v) is 2.44. The standard InChI is InChI=1S/C10H7NO4S/c1-2-7-16(12,13)15-10-5-3-9(4-6-10)14-8-11/h1,3-6H,7H2. The molecule has 0 aliphatic carbocycles. The predicted molar refractivity (Wildman–Crippen MR) is 55.9 cm³/mol. The second-order valence-electron chi connectivity index (χ2n) is 2.65. The fraction of sp³-hybridized carbons (Fsp3) is 0.100. The molecule has 0 radical (unpaired) electrons. The maximum Gasteiger partial charge on any atom is 0.320 e. The smallest absolute Gasteiger partial charge is 0.320 e. The van der Waals surface area contributed by atoms with E-state index in [-0.39, 0.29) is 5.75 Å². The first kappa shape index (κ1) is 11.9. The highest BCUT2D eigenvalue weighted by Gasteiger charge is 2.10. The van der Waals surface area contributed by atoms with Gasteiger partial charge < -0.3 is 8.92 Å². The molecular weight excluding hydrogens is 230 g/mol. The number of hydrogen-bond acceptors (Lipinski definition) is 5. The lowest BCUT2D eigenvalue weighted by atomic mass is 10.3. The normalized spacial score (nSPS) is 9.88. The minimum atomic E-state index is -3.75. The summed E-state index contributed by atoms with van der Waals surface area (Å²) in [5.41, 5.74) is 0. The minimum absolute atomic E-state index is 0.112. The van der Waals surface area contributed by atoms with Gasteiger partial charge in [-0.05, 0) is 24.3 Å². The molecule has 0 aliphatic heterocycles. The number of hydrogen-bond donors (Lipinski definition) is 0. The summed E-state index contributed by atoms with van der Waals surface area (Å²) in [6.45, 7) is 0. The fourth-order valence-electron chi connectivity index (χ4n) is 0.894. The van der Waals surface area contributed by atoms with E-state index in [2.05, 4.69) is 8.92 Å². The Morgan fingerprint density at radius 1 is 1.25 bits per heavy atom. The lowest BCUT2D eigenvalue weighted by Crippen LogP contribution is -2.12. The van der Waals surface area contributed by atoms with Gasteiger partial charge in [-0.15, -0.1) is 11.7 Å². The third-order valence-electron chi connectivity index (χ3n) is 1.47. The molecule has 0 fully saturated rings. The van der Waals surface area contributed by atoms with Gasteiger partial charge in [0.2, 0.25) is 0 Å². The van der Waals surface area contributed by atoms with Crippen LogP contribution in [0.4, 0.5) is 0 Å². The van der Waals surface area contributed by atoms with Gasteiger partial charge in [0.1, 0.15) is 17.3 Å². The lowest BCUT2D eigenvalue weighted by Gasteiger charge is -2.04. The van der Waals surface area contributed by atoms with E-state index in [1.165, 1.54) is 30.5 Å². The van der Waals surface area contributed by atoms with Crippen LogP contribution < -0.4 is 8.92 Å². The monoisotopic (exact) mass is 237 g/mol. The van der Waals surface area contributed by atoms with Crippen LogP contribution in [-0.4, -0.2) is 14.2 Å². The summed E-state index contributed by atoms with van der Waals surface area (Å²) in [5, 5.41) is 8.22. The van der Waals surface area contributed by atoms with Gasteiger partial charge in [-0.3, -0.25) is 0 Å². The average Bonchev–Trinajstić information content (AvgIpc) is 2.21. The van der Waals surface area contributed by atoms with Crippen molar-refractivity contribution in [3.8, 4) is 30.1 Å². The molecule has 0 unspecified atom stereocenters. The van der Waals surface area contributed by atoms with Crippen LogP contribution in [0.1, 0.15) is 0 Å². The summed E-state index contributed by atoms with van der Waals surface area (Å²) in [7, 11) is -3.75. The first-order chi connectivity index (χ1) is 7.57. The molecule has 0 saturated heterocycles. The Labute approximate surface area is 93.3 Å². The summed E-state index contributed by atoms with van der Waals surface area (Å²) in [6.07, 6.45) is 6.35. The molecule has 0 spiro atoms. The van der Waals surface area contributed by atoms with Crippen molar-refractivity contribution in [1.82, 2.24) is 0 Å². The van der Waals surface area contributed by atoms with E-state index < -0.39 is 15.9 Å². The van der Waals surface area contributed by atoms with Crippen molar-refractivity contribution < 1.29 is 17.3 Å². The zero-order chi connectivity index (χ0) is 12.0. The maximum atomic E-state index is 11.2. The Balaban J connectivity index is 2.78. The van der Waals surface area contributed by atoms with E-state index >= 15 is 0 Å². The molecule has 6 heteroatoms. The van der Waals surface area contributed by atoms with Gasteiger partial charge in [0.05, 0.1) is 0 Å². The number of ether oxygens (including phenoxy) is 1. The average molecular weight is 237 g/mol. The number of benzene rings is 1. The van der Waals surface area contributed by atoms with E-state index in [9.17, 15) is 8.42 Å². The molecule has 0 aromatic heterocycles. The zero-order valence-corrected chi connectivity index (χ0v) is 8.90. The van der Waals surface area contributed by atoms with Crippen LogP contribution in [0.5, 0.6) is 11.5 Å². The van der Waals surface area contributed by atoms with Crippen LogP contribution in [0.3, 0.4) is 0 Å². The van der Waals surface area contributed by atoms with Crippen molar-refractivity contribution >= 4 is 10.1 Å². The fourth-order valence-corrected chi connectivity index (χ4v) is 1.56. The van der Waals surface area contributed by atoms with Crippen LogP contribution in [0, 0.1) is 23.9 Å². The topological polar surface area (TPSA) is 76.4 Å². The van der Waals surface area contributed by atoms with E-state index in [1.54, 1.807) is 0 Å². The predicted octanol–water partition coefficient (Wildman–Crippen LogP) is 0.888. The summed E-state index contributed by atoms with van der Waals surface area (Å²) >= 11 is 0. The van der Waals surface area contributed by atoms with Crippen molar-refractivity contribution in [3.63, 3.8) is 0 Å². The van der Waals surface area contributed by atoms with Gasteiger partial charge in [-0.1, -0.05) is 5.92 Å². The summed E-state index contributed by atoms with van der Waals surface area (Å²) in [4.78, 5) is 0. The van der Waals surface area contributed by atoms with Gasteiger partial charge in [-0.25, -0.2) is 0 Å². The molecular formula is C10H7NO4S. The Morgan fingerprint density at radius 3 is 2.31 bits per heavy atom. The summed E-state index contributed by atoms with van der Waals surface area (Å²) in [6, 6.07) is 5.54. The molecule has 0 bridgehead atoms. The van der Waals surface area contributed by atoms with Crippen molar-refractivity contribution in [1.29, 1.82) is 5.26 Å². The third kappa shape index (κ3) is 3.52. The van der Waals surface area contributed by atoms with Crippen LogP contribution in [0.15, 0.2) is 24.3 Å². The minimum Gasteiger partial charge on any atom is -0.388 e. The van der Waals surface area contributed by atoms with Crippen LogP contribution >= 0.6 is 0 Å². The zero-order valence-electron chi connectivity index (χ0n) is 8.08. The molecule has 5 nitrogen and oxygen atoms in total. The molecule has 0 saturated carbocycles. The van der Waals surface area contributed by atoms with Gasteiger partial charge in [0, 0.05) is 0 Å². The first-order valence-corrected chi connectivity index (χ1v) is 5.67. The molecule has 1 rings (SSSR count). The number of nitriles is 1. The molecule has 1 aromatic carbocycles. The summed E-state index contributed by atoms with van der Waals surface area (Å²) in [5.74, 6) is 1.89. The van der Waals surface area contributed by atoms with Crippen LogP contribution in [-0.2, 0) is 10.1 Å². The molecule has 0 aliphatic rings. The second-order valence-corrected chi connectivity index (χ2v) is 4.22. The Bertz CT molecular complexity index is 534. The molecule has 82 valence electrons. The van der Waals surface area contributed by atoms with Crippen LogP contribution in [0.25, 0.3) is 0 Å². The molecule has 0 atom stereocenters. The summed E-state index contributed by atoms with van der Waals surface area (Å²) < 4.78 is 31.5. The Morgan fingerprint density at radius 2 is 1.81 bits per heavy atom. The van der Waals surface area contributed by atoms with Gasteiger partial charge in [0.25, 0.3) is 6.26 Å². The molecule has 16 heavy (non-hydrogen) atoms. The largest absolute Gasteiger partial charge is 0.388 e. The number of terminal acetylenes is 1. The van der Waals surface area contributed by atoms with Gasteiger partial charge in [-0.2, -0.15) is 8.42 Å². The van der Waals surface area contributed by atoms with Crippen molar-refractivity contribution in [2.75, 3.05) is 5.75 Å². The highest BCUT2D eigenvalue weighted by Crippen LogP contribution is 2.18. The van der Waals surface area contributed by atoms with E-state index in [4.69, 9.17) is 11.7 Å². The van der Waals surface area contributed by atoms with E-state index in [0.29, 0.717) is 5.75 Å². The van der Waals surface area contributed by atoms with Crippen molar-refractivity contribution in [2.45, 2.75) is 0 Å². The number of rotatable bonds is 4. The first-order valence-electron chi connectivity index (χ1n) is 4.09. The SMILES string of the molecule is C#CCS(=O)(=O)Oc1ccc(OC#N)cc1.